The molecule has 0 unspecified atom stereocenters. The van der Waals surface area contributed by atoms with Crippen molar-refractivity contribution in [1.82, 2.24) is 4.90 Å². The molecule has 0 amide bonds. The average Bonchev–Trinajstić information content (AvgIpc) is 2.87. The average molecular weight is 575 g/mol. The van der Waals surface area contributed by atoms with Crippen LogP contribution in [-0.2, 0) is 14.3 Å². The molecule has 9 heteroatoms. The Morgan fingerprint density at radius 1 is 1.00 bits per heavy atom. The van der Waals surface area contributed by atoms with Crippen molar-refractivity contribution in [3.63, 3.8) is 0 Å². The van der Waals surface area contributed by atoms with Crippen LogP contribution in [0.2, 0.25) is 0 Å². The van der Waals surface area contributed by atoms with Gasteiger partial charge in [-0.3, -0.25) is 9.59 Å². The quantitative estimate of drug-likeness (QED) is 0.0991. The van der Waals surface area contributed by atoms with Gasteiger partial charge in [-0.15, -0.1) is 4.91 Å². The second-order valence-corrected chi connectivity index (χ2v) is 13.8. The fourth-order valence-corrected chi connectivity index (χ4v) is 8.30. The second-order valence-electron chi connectivity index (χ2n) is 12.7. The monoisotopic (exact) mass is 574 g/mol. The van der Waals surface area contributed by atoms with Crippen LogP contribution in [-0.4, -0.2) is 55.4 Å². The van der Waals surface area contributed by atoms with Gasteiger partial charge in [0.05, 0.1) is 11.4 Å². The summed E-state index contributed by atoms with van der Waals surface area (Å²) in [5, 5.41) is 0. The molecule has 0 radical (unpaired) electrons. The van der Waals surface area contributed by atoms with Gasteiger partial charge in [-0.25, -0.2) is 0 Å². The molecule has 0 heterocycles. The van der Waals surface area contributed by atoms with Crippen LogP contribution in [0.4, 0.5) is 0 Å². The Labute approximate surface area is 243 Å². The summed E-state index contributed by atoms with van der Waals surface area (Å²) in [6.45, 7) is 7.76. The van der Waals surface area contributed by atoms with Gasteiger partial charge >= 0.3 is 11.9 Å². The lowest BCUT2D eigenvalue weighted by molar-refractivity contribution is -0.145. The molecule has 4 saturated carbocycles. The van der Waals surface area contributed by atoms with E-state index < -0.39 is 0 Å². The van der Waals surface area contributed by atoms with Crippen molar-refractivity contribution in [2.45, 2.75) is 89.2 Å². The molecule has 0 N–H and O–H groups in total. The van der Waals surface area contributed by atoms with Crippen LogP contribution >= 0.6 is 11.9 Å². The van der Waals surface area contributed by atoms with Crippen molar-refractivity contribution in [1.29, 1.82) is 0 Å². The van der Waals surface area contributed by atoms with Gasteiger partial charge in [0, 0.05) is 41.5 Å². The van der Waals surface area contributed by atoms with E-state index in [2.05, 4.69) is 23.3 Å². The zero-order chi connectivity index (χ0) is 28.9. The van der Waals surface area contributed by atoms with Gasteiger partial charge in [-0.1, -0.05) is 13.8 Å². The molecular formula is C31H46N2O6S. The normalized spacial score (nSPS) is 26.8. The molecule has 4 aliphatic rings. The van der Waals surface area contributed by atoms with Crippen molar-refractivity contribution in [2.75, 3.05) is 33.9 Å². The lowest BCUT2D eigenvalue weighted by Crippen LogP contribution is -2.56. The smallest absolute Gasteiger partial charge is 0.311 e. The van der Waals surface area contributed by atoms with Crippen molar-refractivity contribution in [3.05, 3.63) is 28.2 Å². The molecule has 222 valence electrons. The van der Waals surface area contributed by atoms with Crippen molar-refractivity contribution in [3.8, 4) is 11.5 Å². The molecule has 0 spiro atoms. The molecular weight excluding hydrogens is 528 g/mol. The van der Waals surface area contributed by atoms with Gasteiger partial charge in [-0.05, 0) is 113 Å². The highest BCUT2D eigenvalue weighted by molar-refractivity contribution is 7.99. The van der Waals surface area contributed by atoms with Gasteiger partial charge < -0.3 is 19.1 Å². The van der Waals surface area contributed by atoms with Crippen molar-refractivity contribution < 1.29 is 23.8 Å². The standard InChI is InChI=1S/C31H46N2O6S/c1-20(2)26-19-27(21(3)13-28(26)37-12-10-33(4)5)39-30(35)8-6-7-29(34)38-11-9-31(40-32-36)24-15-22-14-23(17-24)18-25(31)16-22/h13,19-20,22-25H,6-12,14-18H2,1-5H3. The predicted molar refractivity (Wildman–Crippen MR) is 158 cm³/mol. The van der Waals surface area contributed by atoms with E-state index in [1.165, 1.54) is 44.1 Å². The Morgan fingerprint density at radius 3 is 2.25 bits per heavy atom. The highest BCUT2D eigenvalue weighted by Crippen LogP contribution is 2.64. The number of benzene rings is 1. The Hall–Kier alpha value is -2.13. The third-order valence-electron chi connectivity index (χ3n) is 9.19. The highest BCUT2D eigenvalue weighted by Gasteiger charge is 2.58. The second kappa shape index (κ2) is 13.7. The van der Waals surface area contributed by atoms with E-state index in [-0.39, 0.29) is 35.4 Å². The number of carbonyl (C=O) groups excluding carboxylic acids is 2. The third kappa shape index (κ3) is 7.38. The molecule has 4 bridgehead atoms. The minimum absolute atomic E-state index is 0.133. The molecule has 0 aromatic heterocycles. The number of nitroso groups, excluding NO2 is 1. The highest BCUT2D eigenvalue weighted by atomic mass is 32.2. The van der Waals surface area contributed by atoms with Gasteiger partial charge in [0.1, 0.15) is 18.1 Å². The van der Waals surface area contributed by atoms with E-state index >= 15 is 0 Å². The molecule has 5 rings (SSSR count). The molecule has 4 fully saturated rings. The van der Waals surface area contributed by atoms with Crippen molar-refractivity contribution in [2.24, 2.45) is 28.3 Å². The first-order valence-corrected chi connectivity index (χ1v) is 15.7. The van der Waals surface area contributed by atoms with Crippen LogP contribution in [0.5, 0.6) is 11.5 Å². The summed E-state index contributed by atoms with van der Waals surface area (Å²) in [6, 6.07) is 3.82. The number of carbonyl (C=O) groups is 2. The van der Waals surface area contributed by atoms with E-state index in [1.54, 1.807) is 0 Å². The number of ether oxygens (including phenoxy) is 3. The number of hydrogen-bond acceptors (Lipinski definition) is 9. The van der Waals surface area contributed by atoms with Crippen LogP contribution in [0.3, 0.4) is 0 Å². The summed E-state index contributed by atoms with van der Waals surface area (Å²) in [6.07, 6.45) is 7.39. The number of rotatable bonds is 15. The van der Waals surface area contributed by atoms with Crippen LogP contribution in [0.25, 0.3) is 0 Å². The number of aryl methyl sites for hydroxylation is 1. The Bertz CT molecular complexity index is 1030. The summed E-state index contributed by atoms with van der Waals surface area (Å²) in [5.41, 5.74) is 1.83. The summed E-state index contributed by atoms with van der Waals surface area (Å²) in [5.74, 6) is 3.46. The largest absolute Gasteiger partial charge is 0.492 e. The maximum atomic E-state index is 12.6. The SMILES string of the molecule is Cc1cc(OCCN(C)C)c(C(C)C)cc1OC(=O)CCCC(=O)OCCC1(SN=O)C2CC3CC(C2)CC1C3. The van der Waals surface area contributed by atoms with E-state index in [0.717, 1.165) is 35.3 Å². The van der Waals surface area contributed by atoms with Gasteiger partial charge in [0.15, 0.2) is 0 Å². The Morgan fingerprint density at radius 2 is 1.65 bits per heavy atom. The fraction of sp³-hybridized carbons (Fsp3) is 0.742. The summed E-state index contributed by atoms with van der Waals surface area (Å²) < 4.78 is 20.3. The molecule has 0 saturated heterocycles. The number of esters is 2. The zero-order valence-corrected chi connectivity index (χ0v) is 25.6. The summed E-state index contributed by atoms with van der Waals surface area (Å²) in [4.78, 5) is 38.4. The Balaban J connectivity index is 1.21. The van der Waals surface area contributed by atoms with Crippen LogP contribution in [0, 0.1) is 35.5 Å². The molecule has 0 aliphatic heterocycles. The number of likely N-dealkylation sites (N-methyl/N-ethyl adjacent to an activating group) is 1. The zero-order valence-electron chi connectivity index (χ0n) is 24.8. The maximum absolute atomic E-state index is 12.6. The van der Waals surface area contributed by atoms with Gasteiger partial charge in [0.2, 0.25) is 0 Å². The van der Waals surface area contributed by atoms with E-state index in [0.29, 0.717) is 43.6 Å². The van der Waals surface area contributed by atoms with Gasteiger partial charge in [0.25, 0.3) is 0 Å². The fourth-order valence-electron chi connectivity index (χ4n) is 7.30. The first kappa shape index (κ1) is 30.8. The molecule has 1 aromatic carbocycles. The minimum Gasteiger partial charge on any atom is -0.492 e. The molecule has 0 atom stereocenters. The number of hydrogen-bond donors (Lipinski definition) is 0. The minimum atomic E-state index is -0.368. The summed E-state index contributed by atoms with van der Waals surface area (Å²) >= 11 is 1.21. The van der Waals surface area contributed by atoms with E-state index in [4.69, 9.17) is 14.2 Å². The first-order valence-electron chi connectivity index (χ1n) is 14.9. The maximum Gasteiger partial charge on any atom is 0.311 e. The van der Waals surface area contributed by atoms with Crippen LogP contribution < -0.4 is 9.47 Å². The lowest BCUT2D eigenvalue weighted by atomic mass is 9.51. The van der Waals surface area contributed by atoms with Crippen molar-refractivity contribution >= 4 is 23.9 Å². The molecule has 4 aliphatic carbocycles. The van der Waals surface area contributed by atoms with Gasteiger partial charge in [-0.2, -0.15) is 0 Å². The third-order valence-corrected chi connectivity index (χ3v) is 10.5. The molecule has 40 heavy (non-hydrogen) atoms. The first-order chi connectivity index (χ1) is 19.1. The van der Waals surface area contributed by atoms with E-state index in [9.17, 15) is 14.5 Å². The molecule has 1 aromatic rings. The topological polar surface area (TPSA) is 94.5 Å². The van der Waals surface area contributed by atoms with Crippen LogP contribution in [0.1, 0.15) is 88.7 Å². The lowest BCUT2D eigenvalue weighted by Gasteiger charge is -2.59. The Kier molecular flexibility index (Phi) is 10.5. The predicted octanol–water partition coefficient (Wildman–Crippen LogP) is 6.68. The van der Waals surface area contributed by atoms with Crippen LogP contribution in [0.15, 0.2) is 16.7 Å². The number of nitrogens with zero attached hydrogens (tertiary/aromatic N) is 2. The molecule has 8 nitrogen and oxygen atoms in total. The van der Waals surface area contributed by atoms with E-state index in [1.807, 2.05) is 33.2 Å². The summed E-state index contributed by atoms with van der Waals surface area (Å²) in [7, 11) is 4.01.